The standard InChI is InChI=1S/C13H15Cl2N3O/c1-2-4-18-5-3-16-12(18)8-17-9-6-10(14)13(19)11(15)7-9/h3,5-7,17,19H,2,4,8H2,1H3. The third kappa shape index (κ3) is 3.33. The molecule has 0 aliphatic heterocycles. The third-order valence-electron chi connectivity index (χ3n) is 2.73. The molecule has 0 saturated carbocycles. The van der Waals surface area contributed by atoms with Gasteiger partial charge in [0.05, 0.1) is 16.6 Å². The highest BCUT2D eigenvalue weighted by Gasteiger charge is 2.07. The molecule has 102 valence electrons. The molecule has 4 nitrogen and oxygen atoms in total. The molecule has 1 heterocycles. The monoisotopic (exact) mass is 299 g/mol. The van der Waals surface area contributed by atoms with E-state index in [9.17, 15) is 5.11 Å². The third-order valence-corrected chi connectivity index (χ3v) is 3.31. The molecule has 0 unspecified atom stereocenters. The molecule has 19 heavy (non-hydrogen) atoms. The van der Waals surface area contributed by atoms with Crippen molar-refractivity contribution >= 4 is 28.9 Å². The average Bonchev–Trinajstić information content (AvgIpc) is 2.81. The predicted octanol–water partition coefficient (Wildman–Crippen LogP) is 3.92. The number of aromatic nitrogens is 2. The first-order valence-corrected chi connectivity index (χ1v) is 6.79. The van der Waals surface area contributed by atoms with Gasteiger partial charge >= 0.3 is 0 Å². The summed E-state index contributed by atoms with van der Waals surface area (Å²) in [6.45, 7) is 3.63. The second-order valence-corrected chi connectivity index (χ2v) is 4.99. The van der Waals surface area contributed by atoms with Crippen LogP contribution in [0.5, 0.6) is 5.75 Å². The smallest absolute Gasteiger partial charge is 0.152 e. The van der Waals surface area contributed by atoms with Crippen LogP contribution in [0, 0.1) is 0 Å². The summed E-state index contributed by atoms with van der Waals surface area (Å²) in [4.78, 5) is 4.30. The average molecular weight is 300 g/mol. The molecule has 2 aromatic rings. The number of benzene rings is 1. The number of aromatic hydroxyl groups is 1. The van der Waals surface area contributed by atoms with E-state index < -0.39 is 0 Å². The molecule has 0 spiro atoms. The van der Waals surface area contributed by atoms with Gasteiger partial charge in [-0.25, -0.2) is 4.98 Å². The molecule has 1 aromatic carbocycles. The minimum Gasteiger partial charge on any atom is -0.505 e. The highest BCUT2D eigenvalue weighted by Crippen LogP contribution is 2.34. The molecule has 2 rings (SSSR count). The molecule has 0 aliphatic carbocycles. The highest BCUT2D eigenvalue weighted by atomic mass is 35.5. The summed E-state index contributed by atoms with van der Waals surface area (Å²) in [5.41, 5.74) is 0.749. The highest BCUT2D eigenvalue weighted by molar-refractivity contribution is 6.37. The number of phenols is 1. The van der Waals surface area contributed by atoms with Gasteiger partial charge in [-0.15, -0.1) is 0 Å². The van der Waals surface area contributed by atoms with Gasteiger partial charge in [-0.05, 0) is 18.6 Å². The Labute approximate surface area is 122 Å². The van der Waals surface area contributed by atoms with Crippen LogP contribution in [0.4, 0.5) is 5.69 Å². The number of nitrogens with zero attached hydrogens (tertiary/aromatic N) is 2. The van der Waals surface area contributed by atoms with E-state index >= 15 is 0 Å². The molecule has 0 amide bonds. The summed E-state index contributed by atoms with van der Waals surface area (Å²) in [7, 11) is 0. The molecule has 0 bridgehead atoms. The molecule has 0 aliphatic rings. The maximum Gasteiger partial charge on any atom is 0.152 e. The maximum atomic E-state index is 9.49. The van der Waals surface area contributed by atoms with E-state index in [4.69, 9.17) is 23.2 Å². The zero-order valence-electron chi connectivity index (χ0n) is 10.5. The second kappa shape index (κ2) is 6.17. The Balaban J connectivity index is 2.08. The fraction of sp³-hybridized carbons (Fsp3) is 0.308. The van der Waals surface area contributed by atoms with Gasteiger partial charge in [0.15, 0.2) is 5.75 Å². The Morgan fingerprint density at radius 1 is 1.32 bits per heavy atom. The van der Waals surface area contributed by atoms with E-state index in [1.807, 2.05) is 6.20 Å². The summed E-state index contributed by atoms with van der Waals surface area (Å²) >= 11 is 11.7. The molecule has 0 saturated heterocycles. The van der Waals surface area contributed by atoms with E-state index in [1.54, 1.807) is 18.3 Å². The van der Waals surface area contributed by atoms with Gasteiger partial charge in [-0.3, -0.25) is 0 Å². The van der Waals surface area contributed by atoms with Crippen LogP contribution < -0.4 is 5.32 Å². The topological polar surface area (TPSA) is 50.1 Å². The van der Waals surface area contributed by atoms with Gasteiger partial charge in [-0.1, -0.05) is 30.1 Å². The Morgan fingerprint density at radius 2 is 2.00 bits per heavy atom. The lowest BCUT2D eigenvalue weighted by Gasteiger charge is -2.10. The molecule has 0 radical (unpaired) electrons. The molecule has 0 atom stereocenters. The Hall–Kier alpha value is -1.39. The first kappa shape index (κ1) is 14.0. The first-order valence-electron chi connectivity index (χ1n) is 6.03. The van der Waals surface area contributed by atoms with Crippen LogP contribution in [0.1, 0.15) is 19.2 Å². The van der Waals surface area contributed by atoms with Gasteiger partial charge in [0.25, 0.3) is 0 Å². The largest absolute Gasteiger partial charge is 0.505 e. The van der Waals surface area contributed by atoms with Gasteiger partial charge in [0.1, 0.15) is 5.82 Å². The lowest BCUT2D eigenvalue weighted by Crippen LogP contribution is -2.08. The van der Waals surface area contributed by atoms with Crippen LogP contribution >= 0.6 is 23.2 Å². The number of rotatable bonds is 5. The summed E-state index contributed by atoms with van der Waals surface area (Å²) in [5.74, 6) is 0.850. The molecule has 6 heteroatoms. The van der Waals surface area contributed by atoms with Gasteiger partial charge in [0, 0.05) is 24.6 Å². The van der Waals surface area contributed by atoms with Crippen LogP contribution in [-0.2, 0) is 13.1 Å². The Kier molecular flexibility index (Phi) is 4.56. The van der Waals surface area contributed by atoms with Crippen molar-refractivity contribution in [3.63, 3.8) is 0 Å². The summed E-state index contributed by atoms with van der Waals surface area (Å²) in [6, 6.07) is 3.27. The summed E-state index contributed by atoms with van der Waals surface area (Å²) < 4.78 is 2.09. The van der Waals surface area contributed by atoms with Crippen molar-refractivity contribution in [3.8, 4) is 5.75 Å². The van der Waals surface area contributed by atoms with Crippen molar-refractivity contribution in [3.05, 3.63) is 40.4 Å². The zero-order valence-corrected chi connectivity index (χ0v) is 12.0. The fourth-order valence-electron chi connectivity index (χ4n) is 1.80. The number of hydrogen-bond acceptors (Lipinski definition) is 3. The van der Waals surface area contributed by atoms with Gasteiger partial charge in [0.2, 0.25) is 0 Å². The Bertz CT molecular complexity index is 546. The van der Waals surface area contributed by atoms with Gasteiger partial charge < -0.3 is 15.0 Å². The van der Waals surface area contributed by atoms with Crippen LogP contribution in [0.15, 0.2) is 24.5 Å². The Morgan fingerprint density at radius 3 is 2.63 bits per heavy atom. The zero-order chi connectivity index (χ0) is 13.8. The van der Waals surface area contributed by atoms with Gasteiger partial charge in [-0.2, -0.15) is 0 Å². The van der Waals surface area contributed by atoms with Crippen molar-refractivity contribution in [1.82, 2.24) is 9.55 Å². The fourth-order valence-corrected chi connectivity index (χ4v) is 2.29. The van der Waals surface area contributed by atoms with Crippen molar-refractivity contribution in [2.24, 2.45) is 0 Å². The lowest BCUT2D eigenvalue weighted by molar-refractivity contribution is 0.476. The van der Waals surface area contributed by atoms with E-state index in [-0.39, 0.29) is 15.8 Å². The van der Waals surface area contributed by atoms with Crippen LogP contribution in [-0.4, -0.2) is 14.7 Å². The first-order chi connectivity index (χ1) is 9.11. The number of phenolic OH excluding ortho intramolecular Hbond substituents is 1. The minimum absolute atomic E-state index is 0.0960. The number of anilines is 1. The second-order valence-electron chi connectivity index (χ2n) is 4.18. The number of aryl methyl sites for hydroxylation is 1. The summed E-state index contributed by atoms with van der Waals surface area (Å²) in [6.07, 6.45) is 4.79. The number of nitrogens with one attached hydrogen (secondary N) is 1. The lowest BCUT2D eigenvalue weighted by atomic mass is 10.3. The summed E-state index contributed by atoms with van der Waals surface area (Å²) in [5, 5.41) is 13.1. The van der Waals surface area contributed by atoms with Crippen LogP contribution in [0.3, 0.4) is 0 Å². The van der Waals surface area contributed by atoms with E-state index in [2.05, 4.69) is 21.8 Å². The molecule has 0 fully saturated rings. The van der Waals surface area contributed by atoms with E-state index in [0.717, 1.165) is 24.5 Å². The molecule has 1 aromatic heterocycles. The quantitative estimate of drug-likeness (QED) is 0.823. The number of hydrogen-bond donors (Lipinski definition) is 2. The number of imidazole rings is 1. The van der Waals surface area contributed by atoms with E-state index in [1.165, 1.54) is 0 Å². The predicted molar refractivity (Wildman–Crippen MR) is 78.0 cm³/mol. The van der Waals surface area contributed by atoms with E-state index in [0.29, 0.717) is 6.54 Å². The normalized spacial score (nSPS) is 10.7. The van der Waals surface area contributed by atoms with Crippen LogP contribution in [0.2, 0.25) is 10.0 Å². The van der Waals surface area contributed by atoms with Crippen molar-refractivity contribution in [2.75, 3.05) is 5.32 Å². The minimum atomic E-state index is -0.0960. The molecular weight excluding hydrogens is 285 g/mol. The maximum absolute atomic E-state index is 9.49. The van der Waals surface area contributed by atoms with Crippen molar-refractivity contribution in [1.29, 1.82) is 0 Å². The molecule has 2 N–H and O–H groups in total. The van der Waals surface area contributed by atoms with Crippen molar-refractivity contribution in [2.45, 2.75) is 26.4 Å². The molecular formula is C13H15Cl2N3O. The van der Waals surface area contributed by atoms with Crippen molar-refractivity contribution < 1.29 is 5.11 Å². The van der Waals surface area contributed by atoms with Crippen LogP contribution in [0.25, 0.3) is 0 Å². The number of halogens is 2. The SMILES string of the molecule is CCCn1ccnc1CNc1cc(Cl)c(O)c(Cl)c1.